The van der Waals surface area contributed by atoms with E-state index in [4.69, 9.17) is 4.74 Å². The molecule has 142 valence electrons. The monoisotopic (exact) mass is 348 g/mol. The Balaban J connectivity index is 1.83. The zero-order valence-electron chi connectivity index (χ0n) is 15.4. The smallest absolute Gasteiger partial charge is 0.134 e. The third-order valence-electron chi connectivity index (χ3n) is 6.11. The van der Waals surface area contributed by atoms with E-state index in [2.05, 4.69) is 6.92 Å². The first kappa shape index (κ1) is 20.1. The molecule has 4 heteroatoms. The Bertz CT molecular complexity index is 352. The quantitative estimate of drug-likeness (QED) is 0.474. The highest BCUT2D eigenvalue weighted by atomic mass is 19.2. The first-order valence-corrected chi connectivity index (χ1v) is 10.1. The molecule has 0 aliphatic heterocycles. The van der Waals surface area contributed by atoms with E-state index in [1.54, 1.807) is 0 Å². The molecule has 0 aromatic rings. The Morgan fingerprint density at radius 1 is 0.875 bits per heavy atom. The van der Waals surface area contributed by atoms with Gasteiger partial charge in [-0.3, -0.25) is 0 Å². The number of hydrogen-bond donors (Lipinski definition) is 0. The first-order chi connectivity index (χ1) is 11.6. The molecule has 7 unspecified atom stereocenters. The number of rotatable bonds is 8. The zero-order chi connectivity index (χ0) is 17.5. The Morgan fingerprint density at radius 2 is 1.67 bits per heavy atom. The third-order valence-corrected chi connectivity index (χ3v) is 6.11. The molecule has 0 aromatic carbocycles. The van der Waals surface area contributed by atoms with Gasteiger partial charge in [-0.2, -0.15) is 0 Å². The highest BCUT2D eigenvalue weighted by molar-refractivity contribution is 4.94. The topological polar surface area (TPSA) is 9.23 Å². The maximum absolute atomic E-state index is 14.7. The zero-order valence-corrected chi connectivity index (χ0v) is 15.4. The fraction of sp³-hybridized carbons (Fsp3) is 1.00. The lowest BCUT2D eigenvalue weighted by atomic mass is 9.68. The number of unbranched alkanes of at least 4 members (excludes halogenated alkanes) is 2. The molecule has 1 nitrogen and oxygen atoms in total. The summed E-state index contributed by atoms with van der Waals surface area (Å²) in [5.41, 5.74) is 0. The van der Waals surface area contributed by atoms with Crippen LogP contribution < -0.4 is 0 Å². The van der Waals surface area contributed by atoms with E-state index < -0.39 is 18.5 Å². The van der Waals surface area contributed by atoms with E-state index in [9.17, 15) is 13.2 Å². The number of halogens is 3. The second-order valence-electron chi connectivity index (χ2n) is 7.88. The van der Waals surface area contributed by atoms with Crippen LogP contribution in [0.3, 0.4) is 0 Å². The van der Waals surface area contributed by atoms with E-state index in [1.807, 2.05) is 6.92 Å². The van der Waals surface area contributed by atoms with Crippen molar-refractivity contribution in [2.75, 3.05) is 6.61 Å². The lowest BCUT2D eigenvalue weighted by molar-refractivity contribution is -0.0657. The molecule has 0 spiro atoms. The SMILES string of the molecule is CCCCCC1CCC(C2CCC(OCCC)C(F)C2)C(F)C1F. The minimum Gasteiger partial charge on any atom is -0.375 e. The largest absolute Gasteiger partial charge is 0.375 e. The van der Waals surface area contributed by atoms with E-state index in [1.165, 1.54) is 0 Å². The van der Waals surface area contributed by atoms with Gasteiger partial charge in [0.05, 0.1) is 6.10 Å². The van der Waals surface area contributed by atoms with Crippen molar-refractivity contribution >= 4 is 0 Å². The van der Waals surface area contributed by atoms with E-state index >= 15 is 0 Å². The second-order valence-corrected chi connectivity index (χ2v) is 7.88. The number of hydrogen-bond acceptors (Lipinski definition) is 1. The summed E-state index contributed by atoms with van der Waals surface area (Å²) in [7, 11) is 0. The average Bonchev–Trinajstić information content (AvgIpc) is 2.58. The molecule has 2 saturated carbocycles. The molecule has 0 heterocycles. The predicted molar refractivity (Wildman–Crippen MR) is 92.4 cm³/mol. The number of alkyl halides is 3. The van der Waals surface area contributed by atoms with Gasteiger partial charge in [-0.1, -0.05) is 33.1 Å². The van der Waals surface area contributed by atoms with Crippen LogP contribution in [0.1, 0.15) is 78.1 Å². The third kappa shape index (κ3) is 5.12. The Hall–Kier alpha value is -0.250. The molecular weight excluding hydrogens is 313 g/mol. The molecule has 0 radical (unpaired) electrons. The minimum absolute atomic E-state index is 0.0219. The van der Waals surface area contributed by atoms with Crippen molar-refractivity contribution in [2.24, 2.45) is 17.8 Å². The van der Waals surface area contributed by atoms with Crippen LogP contribution in [-0.2, 0) is 4.74 Å². The van der Waals surface area contributed by atoms with Crippen molar-refractivity contribution in [3.63, 3.8) is 0 Å². The molecule has 2 aliphatic rings. The molecule has 2 rings (SSSR count). The molecule has 2 aliphatic carbocycles. The second kappa shape index (κ2) is 10.0. The van der Waals surface area contributed by atoms with Crippen molar-refractivity contribution in [2.45, 2.75) is 103 Å². The van der Waals surface area contributed by atoms with Gasteiger partial charge in [0, 0.05) is 6.61 Å². The summed E-state index contributed by atoms with van der Waals surface area (Å²) < 4.78 is 49.1. The summed E-state index contributed by atoms with van der Waals surface area (Å²) in [6, 6.07) is 0. The van der Waals surface area contributed by atoms with Crippen LogP contribution in [0.4, 0.5) is 13.2 Å². The summed E-state index contributed by atoms with van der Waals surface area (Å²) in [6.07, 6.45) is 3.97. The molecule has 0 bridgehead atoms. The van der Waals surface area contributed by atoms with Gasteiger partial charge in [-0.25, -0.2) is 13.2 Å². The Kier molecular flexibility index (Phi) is 8.39. The van der Waals surface area contributed by atoms with Crippen LogP contribution in [0.15, 0.2) is 0 Å². The van der Waals surface area contributed by atoms with Gasteiger partial charge in [0.25, 0.3) is 0 Å². The normalized spacial score (nSPS) is 40.6. The minimum atomic E-state index is -1.41. The fourth-order valence-electron chi connectivity index (χ4n) is 4.64. The summed E-state index contributed by atoms with van der Waals surface area (Å²) in [5, 5.41) is 0. The summed E-state index contributed by atoms with van der Waals surface area (Å²) in [6.45, 7) is 4.71. The van der Waals surface area contributed by atoms with E-state index in [-0.39, 0.29) is 23.9 Å². The van der Waals surface area contributed by atoms with Crippen LogP contribution in [0.5, 0.6) is 0 Å². The van der Waals surface area contributed by atoms with Gasteiger partial charge < -0.3 is 4.74 Å². The summed E-state index contributed by atoms with van der Waals surface area (Å²) in [5.74, 6) is -0.452. The van der Waals surface area contributed by atoms with Crippen LogP contribution in [-0.4, -0.2) is 31.2 Å². The molecule has 0 aromatic heterocycles. The van der Waals surface area contributed by atoms with Gasteiger partial charge in [0.2, 0.25) is 0 Å². The standard InChI is InChI=1S/C20H35F3O/c1-3-5-6-7-14-8-10-16(20(23)19(14)22)15-9-11-18(17(21)13-15)24-12-4-2/h14-20H,3-13H2,1-2H3. The van der Waals surface area contributed by atoms with Crippen molar-refractivity contribution < 1.29 is 17.9 Å². The molecule has 24 heavy (non-hydrogen) atoms. The molecule has 2 fully saturated rings. The van der Waals surface area contributed by atoms with Crippen molar-refractivity contribution in [3.05, 3.63) is 0 Å². The van der Waals surface area contributed by atoms with Crippen LogP contribution in [0, 0.1) is 17.8 Å². The Labute approximate surface area is 145 Å². The van der Waals surface area contributed by atoms with Gasteiger partial charge in [0.15, 0.2) is 0 Å². The van der Waals surface area contributed by atoms with E-state index in [0.717, 1.165) is 51.4 Å². The van der Waals surface area contributed by atoms with Crippen molar-refractivity contribution in [3.8, 4) is 0 Å². The first-order valence-electron chi connectivity index (χ1n) is 10.1. The highest BCUT2D eigenvalue weighted by Gasteiger charge is 2.45. The average molecular weight is 348 g/mol. The van der Waals surface area contributed by atoms with E-state index in [0.29, 0.717) is 19.4 Å². The molecule has 0 saturated heterocycles. The highest BCUT2D eigenvalue weighted by Crippen LogP contribution is 2.44. The van der Waals surface area contributed by atoms with Crippen molar-refractivity contribution in [1.29, 1.82) is 0 Å². The predicted octanol–water partition coefficient (Wildman–Crippen LogP) is 6.20. The maximum atomic E-state index is 14.7. The molecular formula is C20H35F3O. The van der Waals surface area contributed by atoms with Crippen LogP contribution in [0.25, 0.3) is 0 Å². The molecule has 0 N–H and O–H groups in total. The summed E-state index contributed by atoms with van der Waals surface area (Å²) in [4.78, 5) is 0. The molecule has 0 amide bonds. The maximum Gasteiger partial charge on any atom is 0.134 e. The molecule has 7 atom stereocenters. The van der Waals surface area contributed by atoms with Gasteiger partial charge >= 0.3 is 0 Å². The Morgan fingerprint density at radius 3 is 2.33 bits per heavy atom. The fourth-order valence-corrected chi connectivity index (χ4v) is 4.64. The van der Waals surface area contributed by atoms with Gasteiger partial charge in [-0.15, -0.1) is 0 Å². The lowest BCUT2D eigenvalue weighted by Crippen LogP contribution is -2.44. The lowest BCUT2D eigenvalue weighted by Gasteiger charge is -2.42. The van der Waals surface area contributed by atoms with Gasteiger partial charge in [0.1, 0.15) is 18.5 Å². The van der Waals surface area contributed by atoms with Gasteiger partial charge in [-0.05, 0) is 62.7 Å². The van der Waals surface area contributed by atoms with Crippen LogP contribution >= 0.6 is 0 Å². The summed E-state index contributed by atoms with van der Waals surface area (Å²) >= 11 is 0. The van der Waals surface area contributed by atoms with Crippen molar-refractivity contribution in [1.82, 2.24) is 0 Å². The van der Waals surface area contributed by atoms with Crippen LogP contribution in [0.2, 0.25) is 0 Å². The number of ether oxygens (including phenoxy) is 1.